The largest absolute Gasteiger partial charge is 0.416 e. The van der Waals surface area contributed by atoms with Crippen LogP contribution >= 0.6 is 0 Å². The number of hydrogen-bond acceptors (Lipinski definition) is 3. The van der Waals surface area contributed by atoms with Gasteiger partial charge in [0.05, 0.1) is 6.61 Å². The molecule has 1 aliphatic rings. The van der Waals surface area contributed by atoms with Crippen LogP contribution in [0.2, 0.25) is 18.1 Å². The Morgan fingerprint density at radius 3 is 2.53 bits per heavy atom. The van der Waals surface area contributed by atoms with Crippen LogP contribution in [0.4, 0.5) is 0 Å². The highest BCUT2D eigenvalue weighted by molar-refractivity contribution is 6.74. The van der Waals surface area contributed by atoms with Crippen molar-refractivity contribution in [1.29, 1.82) is 0 Å². The van der Waals surface area contributed by atoms with Crippen molar-refractivity contribution in [1.82, 2.24) is 4.90 Å². The van der Waals surface area contributed by atoms with E-state index in [1.165, 1.54) is 6.42 Å². The maximum Gasteiger partial charge on any atom is 0.192 e. The number of likely N-dealkylation sites (tertiary alicyclic amines) is 1. The SMILES string of the molecule is CC(C)(C)[Si](C)(C)OCCN1CCC[C@@H]1CO. The summed E-state index contributed by atoms with van der Waals surface area (Å²) in [5.41, 5.74) is 0. The molecule has 1 fully saturated rings. The third-order valence-corrected chi connectivity index (χ3v) is 8.90. The van der Waals surface area contributed by atoms with E-state index in [9.17, 15) is 5.11 Å². The van der Waals surface area contributed by atoms with Gasteiger partial charge in [0.25, 0.3) is 0 Å². The molecule has 0 aromatic rings. The molecule has 1 heterocycles. The lowest BCUT2D eigenvalue weighted by Crippen LogP contribution is -2.43. The van der Waals surface area contributed by atoms with Gasteiger partial charge in [-0.2, -0.15) is 0 Å². The average molecular weight is 259 g/mol. The Balaban J connectivity index is 2.32. The Kier molecular flexibility index (Phi) is 5.19. The topological polar surface area (TPSA) is 32.7 Å². The summed E-state index contributed by atoms with van der Waals surface area (Å²) in [6, 6.07) is 0.373. The van der Waals surface area contributed by atoms with Crippen LogP contribution in [0.3, 0.4) is 0 Å². The highest BCUT2D eigenvalue weighted by Gasteiger charge is 2.37. The van der Waals surface area contributed by atoms with E-state index in [1.807, 2.05) is 0 Å². The molecule has 1 atom stereocenters. The standard InChI is InChI=1S/C13H29NO2Si/c1-13(2,3)17(4,5)16-10-9-14-8-6-7-12(14)11-15/h12,15H,6-11H2,1-5H3/t12-/m1/s1. The van der Waals surface area contributed by atoms with Crippen LogP contribution in [-0.4, -0.2) is 50.7 Å². The molecule has 0 unspecified atom stereocenters. The van der Waals surface area contributed by atoms with Crippen LogP contribution in [0, 0.1) is 0 Å². The zero-order valence-electron chi connectivity index (χ0n) is 12.1. The fraction of sp³-hybridized carbons (Fsp3) is 1.00. The zero-order chi connectivity index (χ0) is 13.1. The third-order valence-electron chi connectivity index (χ3n) is 4.36. The summed E-state index contributed by atoms with van der Waals surface area (Å²) < 4.78 is 6.16. The molecule has 3 nitrogen and oxygen atoms in total. The minimum Gasteiger partial charge on any atom is -0.416 e. The number of nitrogens with zero attached hydrogens (tertiary/aromatic N) is 1. The lowest BCUT2D eigenvalue weighted by atomic mass is 10.2. The number of hydrogen-bond donors (Lipinski definition) is 1. The normalized spacial score (nSPS) is 23.3. The fourth-order valence-electron chi connectivity index (χ4n) is 2.03. The van der Waals surface area contributed by atoms with Crippen LogP contribution in [0.5, 0.6) is 0 Å². The molecule has 0 amide bonds. The highest BCUT2D eigenvalue weighted by atomic mass is 28.4. The molecule has 0 spiro atoms. The lowest BCUT2D eigenvalue weighted by molar-refractivity contribution is 0.136. The van der Waals surface area contributed by atoms with E-state index in [0.29, 0.717) is 12.6 Å². The van der Waals surface area contributed by atoms with Crippen molar-refractivity contribution in [3.63, 3.8) is 0 Å². The first-order chi connectivity index (χ1) is 7.78. The van der Waals surface area contributed by atoms with Gasteiger partial charge in [-0.1, -0.05) is 20.8 Å². The highest BCUT2D eigenvalue weighted by Crippen LogP contribution is 2.36. The van der Waals surface area contributed by atoms with Gasteiger partial charge in [0.1, 0.15) is 0 Å². The fourth-order valence-corrected chi connectivity index (χ4v) is 3.07. The maximum atomic E-state index is 9.25. The molecule has 1 rings (SSSR count). The van der Waals surface area contributed by atoms with Crippen LogP contribution in [0.1, 0.15) is 33.6 Å². The molecule has 0 bridgehead atoms. The predicted octanol–water partition coefficient (Wildman–Crippen LogP) is 2.46. The van der Waals surface area contributed by atoms with Gasteiger partial charge >= 0.3 is 0 Å². The van der Waals surface area contributed by atoms with Crippen molar-refractivity contribution in [2.45, 2.75) is 57.8 Å². The summed E-state index contributed by atoms with van der Waals surface area (Å²) in [6.45, 7) is 14.6. The van der Waals surface area contributed by atoms with Gasteiger partial charge in [-0.05, 0) is 37.5 Å². The molecular formula is C13H29NO2Si. The van der Waals surface area contributed by atoms with Gasteiger partial charge in [0.15, 0.2) is 8.32 Å². The summed E-state index contributed by atoms with van der Waals surface area (Å²) in [6.07, 6.45) is 2.35. The van der Waals surface area contributed by atoms with Gasteiger partial charge in [0.2, 0.25) is 0 Å². The number of aliphatic hydroxyl groups excluding tert-OH is 1. The molecule has 0 aromatic carbocycles. The molecule has 0 saturated carbocycles. The summed E-state index contributed by atoms with van der Waals surface area (Å²) >= 11 is 0. The van der Waals surface area contributed by atoms with E-state index in [0.717, 1.165) is 26.1 Å². The molecule has 1 saturated heterocycles. The van der Waals surface area contributed by atoms with Gasteiger partial charge < -0.3 is 9.53 Å². The minimum absolute atomic E-state index is 0.286. The van der Waals surface area contributed by atoms with E-state index < -0.39 is 8.32 Å². The maximum absolute atomic E-state index is 9.25. The van der Waals surface area contributed by atoms with Crippen molar-refractivity contribution in [2.75, 3.05) is 26.3 Å². The quantitative estimate of drug-likeness (QED) is 0.770. The Bertz CT molecular complexity index is 238. The summed E-state index contributed by atoms with van der Waals surface area (Å²) in [4.78, 5) is 2.37. The van der Waals surface area contributed by atoms with E-state index in [2.05, 4.69) is 38.8 Å². The van der Waals surface area contributed by atoms with Crippen LogP contribution in [0.15, 0.2) is 0 Å². The van der Waals surface area contributed by atoms with E-state index in [1.54, 1.807) is 0 Å². The van der Waals surface area contributed by atoms with Crippen LogP contribution in [0.25, 0.3) is 0 Å². The molecule has 4 heteroatoms. The van der Waals surface area contributed by atoms with Gasteiger partial charge in [-0.15, -0.1) is 0 Å². The molecule has 1 aliphatic heterocycles. The van der Waals surface area contributed by atoms with Crippen LogP contribution < -0.4 is 0 Å². The molecular weight excluding hydrogens is 230 g/mol. The Morgan fingerprint density at radius 2 is 2.00 bits per heavy atom. The first-order valence-electron chi connectivity index (χ1n) is 6.77. The first kappa shape index (κ1) is 15.2. The molecule has 17 heavy (non-hydrogen) atoms. The Hall–Kier alpha value is 0.0969. The van der Waals surface area contributed by atoms with E-state index in [-0.39, 0.29) is 5.04 Å². The smallest absolute Gasteiger partial charge is 0.192 e. The predicted molar refractivity (Wildman–Crippen MR) is 74.8 cm³/mol. The second-order valence-corrected chi connectivity index (χ2v) is 11.4. The van der Waals surface area contributed by atoms with Crippen molar-refractivity contribution in [3.8, 4) is 0 Å². The monoisotopic (exact) mass is 259 g/mol. The Labute approximate surface area is 107 Å². The second kappa shape index (κ2) is 5.82. The van der Waals surface area contributed by atoms with Crippen LogP contribution in [-0.2, 0) is 4.43 Å². The number of rotatable bonds is 5. The number of aliphatic hydroxyl groups is 1. The molecule has 0 aromatic heterocycles. The second-order valence-electron chi connectivity index (χ2n) is 6.62. The average Bonchev–Trinajstić information content (AvgIpc) is 2.63. The lowest BCUT2D eigenvalue weighted by Gasteiger charge is -2.37. The zero-order valence-corrected chi connectivity index (χ0v) is 13.1. The first-order valence-corrected chi connectivity index (χ1v) is 9.67. The minimum atomic E-state index is -1.60. The van der Waals surface area contributed by atoms with Crippen molar-refractivity contribution in [2.24, 2.45) is 0 Å². The van der Waals surface area contributed by atoms with E-state index >= 15 is 0 Å². The molecule has 0 aliphatic carbocycles. The summed E-state index contributed by atoms with van der Waals surface area (Å²) in [5.74, 6) is 0. The summed E-state index contributed by atoms with van der Waals surface area (Å²) in [7, 11) is -1.60. The molecule has 102 valence electrons. The van der Waals surface area contributed by atoms with E-state index in [4.69, 9.17) is 4.43 Å². The van der Waals surface area contributed by atoms with Crippen molar-refractivity contribution < 1.29 is 9.53 Å². The van der Waals surface area contributed by atoms with Gasteiger partial charge in [-0.3, -0.25) is 4.90 Å². The van der Waals surface area contributed by atoms with Crippen molar-refractivity contribution >= 4 is 8.32 Å². The third kappa shape index (κ3) is 4.05. The van der Waals surface area contributed by atoms with Gasteiger partial charge in [-0.25, -0.2) is 0 Å². The molecule has 0 radical (unpaired) electrons. The molecule has 1 N–H and O–H groups in total. The van der Waals surface area contributed by atoms with Gasteiger partial charge in [0, 0.05) is 19.2 Å². The van der Waals surface area contributed by atoms with Crippen molar-refractivity contribution in [3.05, 3.63) is 0 Å². The Morgan fingerprint density at radius 1 is 1.35 bits per heavy atom. The summed E-state index contributed by atoms with van der Waals surface area (Å²) in [5, 5.41) is 9.54.